The number of hydrogen-bond donors (Lipinski definition) is 1. The molecular weight excluding hydrogens is 388 g/mol. The van der Waals surface area contributed by atoms with Crippen LogP contribution in [0.5, 0.6) is 0 Å². The van der Waals surface area contributed by atoms with Gasteiger partial charge < -0.3 is 10.2 Å². The molecule has 0 saturated carbocycles. The van der Waals surface area contributed by atoms with Crippen LogP contribution in [-0.4, -0.2) is 38.3 Å². The van der Waals surface area contributed by atoms with E-state index >= 15 is 0 Å². The van der Waals surface area contributed by atoms with E-state index in [9.17, 15) is 18.0 Å². The molecule has 1 aliphatic rings. The molecule has 1 N–H and O–H groups in total. The Balaban J connectivity index is 1.55. The Hall–Kier alpha value is -2.67. The lowest BCUT2D eigenvalue weighted by molar-refractivity contribution is -0.116. The molecule has 1 heterocycles. The molecule has 0 saturated heterocycles. The number of sulfone groups is 1. The van der Waals surface area contributed by atoms with Crippen LogP contribution >= 0.6 is 0 Å². The Bertz CT molecular complexity index is 987. The van der Waals surface area contributed by atoms with Gasteiger partial charge >= 0.3 is 0 Å². The van der Waals surface area contributed by atoms with Gasteiger partial charge in [-0.25, -0.2) is 8.42 Å². The van der Waals surface area contributed by atoms with E-state index in [1.54, 1.807) is 17.0 Å². The summed E-state index contributed by atoms with van der Waals surface area (Å²) in [6, 6.07) is 15.0. The fraction of sp³-hybridized carbons (Fsp3) is 0.364. The second-order valence-corrected chi connectivity index (χ2v) is 9.53. The largest absolute Gasteiger partial charge is 0.325 e. The molecule has 2 aromatic carbocycles. The number of anilines is 2. The number of hydrogen-bond acceptors (Lipinski definition) is 4. The summed E-state index contributed by atoms with van der Waals surface area (Å²) >= 11 is 0. The van der Waals surface area contributed by atoms with Gasteiger partial charge in [0.05, 0.1) is 5.75 Å². The van der Waals surface area contributed by atoms with E-state index < -0.39 is 21.5 Å². The second-order valence-electron chi connectivity index (χ2n) is 7.35. The molecule has 2 amide bonds. The molecule has 2 aromatic rings. The van der Waals surface area contributed by atoms with Gasteiger partial charge in [-0.05, 0) is 55.0 Å². The molecule has 1 aliphatic heterocycles. The van der Waals surface area contributed by atoms with Crippen LogP contribution < -0.4 is 10.2 Å². The van der Waals surface area contributed by atoms with Crippen LogP contribution in [0.15, 0.2) is 48.5 Å². The van der Waals surface area contributed by atoms with Gasteiger partial charge in [-0.1, -0.05) is 30.3 Å². The first kappa shape index (κ1) is 21.0. The molecular formula is C22H26N2O4S. The van der Waals surface area contributed by atoms with Crippen molar-refractivity contribution < 1.29 is 18.0 Å². The van der Waals surface area contributed by atoms with Gasteiger partial charge in [0.1, 0.15) is 5.75 Å². The summed E-state index contributed by atoms with van der Waals surface area (Å²) in [4.78, 5) is 25.7. The molecule has 0 atom stereocenters. The normalized spacial score (nSPS) is 13.6. The van der Waals surface area contributed by atoms with Crippen LogP contribution in [0.25, 0.3) is 0 Å². The van der Waals surface area contributed by atoms with E-state index in [4.69, 9.17) is 0 Å². The van der Waals surface area contributed by atoms with E-state index in [0.29, 0.717) is 25.1 Å². The Morgan fingerprint density at radius 1 is 1.10 bits per heavy atom. The minimum Gasteiger partial charge on any atom is -0.325 e. The Kier molecular flexibility index (Phi) is 6.69. The fourth-order valence-corrected chi connectivity index (χ4v) is 4.81. The highest BCUT2D eigenvalue weighted by Gasteiger charge is 2.21. The topological polar surface area (TPSA) is 83.6 Å². The molecule has 6 nitrogen and oxygen atoms in total. The highest BCUT2D eigenvalue weighted by molar-refractivity contribution is 7.92. The molecule has 0 spiro atoms. The molecule has 0 radical (unpaired) electrons. The molecule has 0 aliphatic carbocycles. The minimum absolute atomic E-state index is 0.00988. The number of carbonyl (C=O) groups is 2. The van der Waals surface area contributed by atoms with Crippen LogP contribution in [0.3, 0.4) is 0 Å². The maximum absolute atomic E-state index is 12.3. The summed E-state index contributed by atoms with van der Waals surface area (Å²) in [6.45, 7) is 2.22. The van der Waals surface area contributed by atoms with Crippen LogP contribution in [-0.2, 0) is 32.3 Å². The van der Waals surface area contributed by atoms with Crippen LogP contribution in [0.4, 0.5) is 11.4 Å². The van der Waals surface area contributed by atoms with E-state index in [-0.39, 0.29) is 11.7 Å². The third kappa shape index (κ3) is 5.90. The van der Waals surface area contributed by atoms with Crippen molar-refractivity contribution in [2.24, 2.45) is 0 Å². The molecule has 154 valence electrons. The standard InChI is InChI=1S/C22H26N2O4S/c1-17(25)24-13-5-10-19-15-20(11-12-21(19)24)23-22(26)16-29(27,28)14-6-9-18-7-3-2-4-8-18/h2-4,7-8,11-12,15H,5-6,9-10,13-14,16H2,1H3,(H,23,26). The highest BCUT2D eigenvalue weighted by Crippen LogP contribution is 2.29. The molecule has 3 rings (SSSR count). The number of carbonyl (C=O) groups excluding carboxylic acids is 2. The zero-order valence-electron chi connectivity index (χ0n) is 16.6. The molecule has 29 heavy (non-hydrogen) atoms. The smallest absolute Gasteiger partial charge is 0.239 e. The van der Waals surface area contributed by atoms with Crippen LogP contribution in [0.2, 0.25) is 0 Å². The maximum atomic E-state index is 12.3. The average molecular weight is 415 g/mol. The minimum atomic E-state index is -3.47. The fourth-order valence-electron chi connectivity index (χ4n) is 3.61. The van der Waals surface area contributed by atoms with E-state index in [0.717, 1.165) is 29.7 Å². The van der Waals surface area contributed by atoms with Crippen molar-refractivity contribution >= 4 is 33.0 Å². The SMILES string of the molecule is CC(=O)N1CCCc2cc(NC(=O)CS(=O)(=O)CCCc3ccccc3)ccc21. The molecule has 0 unspecified atom stereocenters. The Labute approximate surface area is 171 Å². The number of amides is 2. The lowest BCUT2D eigenvalue weighted by Gasteiger charge is -2.29. The van der Waals surface area contributed by atoms with Gasteiger partial charge in [0.25, 0.3) is 0 Å². The van der Waals surface area contributed by atoms with Crippen molar-refractivity contribution in [2.45, 2.75) is 32.6 Å². The molecule has 0 bridgehead atoms. The summed E-state index contributed by atoms with van der Waals surface area (Å²) in [7, 11) is -3.47. The zero-order chi connectivity index (χ0) is 20.9. The van der Waals surface area contributed by atoms with Gasteiger partial charge in [0.15, 0.2) is 9.84 Å². The van der Waals surface area contributed by atoms with Crippen molar-refractivity contribution in [3.05, 3.63) is 59.7 Å². The number of aryl methyl sites for hydroxylation is 2. The summed E-state index contributed by atoms with van der Waals surface area (Å²) in [5.74, 6) is -1.10. The first-order chi connectivity index (χ1) is 13.8. The maximum Gasteiger partial charge on any atom is 0.239 e. The number of benzene rings is 2. The third-order valence-corrected chi connectivity index (χ3v) is 6.59. The number of nitrogens with one attached hydrogen (secondary N) is 1. The van der Waals surface area contributed by atoms with Gasteiger partial charge in [0.2, 0.25) is 11.8 Å². The molecule has 0 fully saturated rings. The average Bonchev–Trinajstić information content (AvgIpc) is 2.67. The summed E-state index contributed by atoms with van der Waals surface area (Å²) < 4.78 is 24.5. The second kappa shape index (κ2) is 9.22. The third-order valence-electron chi connectivity index (χ3n) is 4.98. The van der Waals surface area contributed by atoms with Crippen LogP contribution in [0, 0.1) is 0 Å². The lowest BCUT2D eigenvalue weighted by atomic mass is 10.0. The van der Waals surface area contributed by atoms with Gasteiger partial charge in [-0.15, -0.1) is 0 Å². The molecule has 0 aromatic heterocycles. The summed E-state index contributed by atoms with van der Waals surface area (Å²) in [6.07, 6.45) is 2.83. The van der Waals surface area contributed by atoms with E-state index in [1.165, 1.54) is 6.92 Å². The zero-order valence-corrected chi connectivity index (χ0v) is 17.4. The number of nitrogens with zero attached hydrogens (tertiary/aromatic N) is 1. The summed E-state index contributed by atoms with van der Waals surface area (Å²) in [5.41, 5.74) is 3.48. The van der Waals surface area contributed by atoms with Crippen molar-refractivity contribution in [3.8, 4) is 0 Å². The van der Waals surface area contributed by atoms with Gasteiger partial charge in [-0.2, -0.15) is 0 Å². The monoisotopic (exact) mass is 414 g/mol. The van der Waals surface area contributed by atoms with E-state index in [2.05, 4.69) is 5.32 Å². The Morgan fingerprint density at radius 3 is 2.59 bits per heavy atom. The summed E-state index contributed by atoms with van der Waals surface area (Å²) in [5, 5.41) is 2.68. The van der Waals surface area contributed by atoms with Crippen LogP contribution in [0.1, 0.15) is 30.9 Å². The van der Waals surface area contributed by atoms with E-state index in [1.807, 2.05) is 36.4 Å². The van der Waals surface area contributed by atoms with Crippen molar-refractivity contribution in [1.82, 2.24) is 0 Å². The highest BCUT2D eigenvalue weighted by atomic mass is 32.2. The van der Waals surface area contributed by atoms with Crippen molar-refractivity contribution in [3.63, 3.8) is 0 Å². The first-order valence-corrected chi connectivity index (χ1v) is 11.6. The predicted molar refractivity (Wildman–Crippen MR) is 115 cm³/mol. The molecule has 7 heteroatoms. The first-order valence-electron chi connectivity index (χ1n) is 9.79. The number of rotatable bonds is 7. The predicted octanol–water partition coefficient (Wildman–Crippen LogP) is 2.97. The number of fused-ring (bicyclic) bond motifs is 1. The lowest BCUT2D eigenvalue weighted by Crippen LogP contribution is -2.33. The van der Waals surface area contributed by atoms with Gasteiger partial charge in [0, 0.05) is 24.8 Å². The Morgan fingerprint density at radius 2 is 1.86 bits per heavy atom. The van der Waals surface area contributed by atoms with Gasteiger partial charge in [-0.3, -0.25) is 9.59 Å². The quantitative estimate of drug-likeness (QED) is 0.755. The van der Waals surface area contributed by atoms with Crippen molar-refractivity contribution in [2.75, 3.05) is 28.3 Å². The van der Waals surface area contributed by atoms with Crippen molar-refractivity contribution in [1.29, 1.82) is 0 Å².